The molecule has 1 aliphatic heterocycles. The molecule has 0 amide bonds. The molecule has 4 nitrogen and oxygen atoms in total. The molecule has 12 rings (SSSR count). The maximum absolute atomic E-state index is 6.68. The minimum atomic E-state index is -0.138. The zero-order valence-electron chi connectivity index (χ0n) is 34.3. The predicted octanol–water partition coefficient (Wildman–Crippen LogP) is 15.1. The Bertz CT molecular complexity index is 3390. The van der Waals surface area contributed by atoms with E-state index in [4.69, 9.17) is 19.7 Å². The quantitative estimate of drug-likeness (QED) is 0.168. The van der Waals surface area contributed by atoms with E-state index in [0.29, 0.717) is 17.5 Å². The van der Waals surface area contributed by atoms with Crippen LogP contribution < -0.4 is 4.74 Å². The standard InChI is InChI=1S/C58H39N3O/c1-58(2)50-21-10-9-19-46(50)47-29-27-41(34-51(47)58)43-31-44(42-28-30-48-49-20-11-17-38-18-12-22-52(54(38)49)62-53(48)35-42)33-45(32-43)57-60-55(39-15-7-4-8-16-39)59-56(61-57)40-25-23-37(24-26-40)36-13-5-3-6-14-36/h3-35H,1-2H3. The van der Waals surface area contributed by atoms with Gasteiger partial charge >= 0.3 is 0 Å². The first-order valence-corrected chi connectivity index (χ1v) is 21.2. The second-order valence-electron chi connectivity index (χ2n) is 16.8. The largest absolute Gasteiger partial charge is 0.456 e. The van der Waals surface area contributed by atoms with Crippen LogP contribution in [0.5, 0.6) is 11.5 Å². The molecule has 62 heavy (non-hydrogen) atoms. The molecule has 292 valence electrons. The van der Waals surface area contributed by atoms with Crippen molar-refractivity contribution in [2.75, 3.05) is 0 Å². The molecule has 0 radical (unpaired) electrons. The molecule has 1 aliphatic carbocycles. The van der Waals surface area contributed by atoms with Gasteiger partial charge in [0.25, 0.3) is 0 Å². The van der Waals surface area contributed by atoms with E-state index in [1.807, 2.05) is 24.3 Å². The smallest absolute Gasteiger partial charge is 0.164 e. The Hall–Kier alpha value is -7.95. The summed E-state index contributed by atoms with van der Waals surface area (Å²) in [5.74, 6) is 3.56. The van der Waals surface area contributed by atoms with E-state index in [2.05, 4.69) is 190 Å². The van der Waals surface area contributed by atoms with Gasteiger partial charge in [-0.2, -0.15) is 0 Å². The highest BCUT2D eigenvalue weighted by Crippen LogP contribution is 2.51. The van der Waals surface area contributed by atoms with E-state index < -0.39 is 0 Å². The minimum absolute atomic E-state index is 0.138. The number of rotatable bonds is 6. The van der Waals surface area contributed by atoms with Crippen molar-refractivity contribution in [1.29, 1.82) is 0 Å². The van der Waals surface area contributed by atoms with Gasteiger partial charge in [0.15, 0.2) is 17.5 Å². The molecule has 2 aliphatic rings. The van der Waals surface area contributed by atoms with Gasteiger partial charge in [-0.25, -0.2) is 15.0 Å². The van der Waals surface area contributed by atoms with E-state index >= 15 is 0 Å². The van der Waals surface area contributed by atoms with Gasteiger partial charge in [-0.3, -0.25) is 0 Å². The van der Waals surface area contributed by atoms with E-state index in [9.17, 15) is 0 Å². The highest BCUT2D eigenvalue weighted by atomic mass is 16.5. The summed E-state index contributed by atoms with van der Waals surface area (Å²) in [4.78, 5) is 15.5. The van der Waals surface area contributed by atoms with Crippen molar-refractivity contribution in [2.45, 2.75) is 19.3 Å². The van der Waals surface area contributed by atoms with Gasteiger partial charge < -0.3 is 4.74 Å². The Morgan fingerprint density at radius 1 is 0.323 bits per heavy atom. The van der Waals surface area contributed by atoms with Crippen LogP contribution >= 0.6 is 0 Å². The molecular formula is C58H39N3O. The lowest BCUT2D eigenvalue weighted by atomic mass is 9.81. The lowest BCUT2D eigenvalue weighted by Crippen LogP contribution is -2.14. The molecule has 2 heterocycles. The van der Waals surface area contributed by atoms with Crippen LogP contribution in [0.25, 0.3) is 101 Å². The van der Waals surface area contributed by atoms with Crippen molar-refractivity contribution >= 4 is 10.8 Å². The fourth-order valence-electron chi connectivity index (χ4n) is 9.51. The first-order chi connectivity index (χ1) is 30.4. The van der Waals surface area contributed by atoms with Gasteiger partial charge in [-0.15, -0.1) is 0 Å². The summed E-state index contributed by atoms with van der Waals surface area (Å²) in [6.07, 6.45) is 0. The van der Waals surface area contributed by atoms with Gasteiger partial charge in [0.2, 0.25) is 0 Å². The molecule has 0 spiro atoms. The first-order valence-electron chi connectivity index (χ1n) is 21.2. The molecule has 0 atom stereocenters. The fourth-order valence-corrected chi connectivity index (χ4v) is 9.51. The molecule has 10 aromatic rings. The average Bonchev–Trinajstić information content (AvgIpc) is 3.57. The van der Waals surface area contributed by atoms with Crippen LogP contribution in [-0.4, -0.2) is 15.0 Å². The van der Waals surface area contributed by atoms with Crippen LogP contribution in [0.2, 0.25) is 0 Å². The first kappa shape index (κ1) is 35.9. The second-order valence-corrected chi connectivity index (χ2v) is 16.8. The number of benzene rings is 9. The van der Waals surface area contributed by atoms with E-state index in [1.165, 1.54) is 33.2 Å². The Balaban J connectivity index is 1.04. The van der Waals surface area contributed by atoms with Crippen molar-refractivity contribution in [1.82, 2.24) is 15.0 Å². The molecule has 9 aromatic carbocycles. The summed E-state index contributed by atoms with van der Waals surface area (Å²) in [5.41, 5.74) is 16.8. The molecular weight excluding hydrogens is 755 g/mol. The summed E-state index contributed by atoms with van der Waals surface area (Å²) in [5, 5.41) is 2.32. The van der Waals surface area contributed by atoms with Crippen LogP contribution in [-0.2, 0) is 5.41 Å². The SMILES string of the molecule is CC1(C)c2ccccc2-c2ccc(-c3cc(-c4ccc5c(c4)Oc4cccc6cccc-5c46)cc(-c4nc(-c5ccccc5)nc(-c5ccc(-c6ccccc6)cc5)n4)c3)cc21. The highest BCUT2D eigenvalue weighted by molar-refractivity contribution is 6.04. The van der Waals surface area contributed by atoms with Crippen LogP contribution in [0.3, 0.4) is 0 Å². The predicted molar refractivity (Wildman–Crippen MR) is 253 cm³/mol. The maximum atomic E-state index is 6.68. The Morgan fingerprint density at radius 2 is 0.823 bits per heavy atom. The summed E-state index contributed by atoms with van der Waals surface area (Å²) in [6, 6.07) is 70.9. The molecule has 0 unspecified atom stereocenters. The molecule has 0 saturated carbocycles. The molecule has 1 aromatic heterocycles. The number of hydrogen-bond acceptors (Lipinski definition) is 4. The van der Waals surface area contributed by atoms with Crippen LogP contribution in [0.4, 0.5) is 0 Å². The van der Waals surface area contributed by atoms with Crippen LogP contribution in [0, 0.1) is 0 Å². The topological polar surface area (TPSA) is 47.9 Å². The monoisotopic (exact) mass is 793 g/mol. The van der Waals surface area contributed by atoms with Crippen molar-refractivity contribution in [3.05, 3.63) is 211 Å². The summed E-state index contributed by atoms with van der Waals surface area (Å²) in [7, 11) is 0. The Labute approximate surface area is 360 Å². The average molecular weight is 794 g/mol. The van der Waals surface area contributed by atoms with Gasteiger partial charge in [-0.1, -0.05) is 172 Å². The van der Waals surface area contributed by atoms with Gasteiger partial charge in [0, 0.05) is 33.1 Å². The number of hydrogen-bond donors (Lipinski definition) is 0. The van der Waals surface area contributed by atoms with Gasteiger partial charge in [-0.05, 0) is 109 Å². The zero-order chi connectivity index (χ0) is 41.4. The number of nitrogens with zero attached hydrogens (tertiary/aromatic N) is 3. The lowest BCUT2D eigenvalue weighted by Gasteiger charge is -2.22. The second kappa shape index (κ2) is 14.1. The van der Waals surface area contributed by atoms with Crippen molar-refractivity contribution in [2.24, 2.45) is 0 Å². The number of ether oxygens (including phenoxy) is 1. The normalized spacial score (nSPS) is 12.9. The lowest BCUT2D eigenvalue weighted by molar-refractivity contribution is 0.487. The zero-order valence-corrected chi connectivity index (χ0v) is 34.3. The Morgan fingerprint density at radius 3 is 1.55 bits per heavy atom. The van der Waals surface area contributed by atoms with Gasteiger partial charge in [0.05, 0.1) is 0 Å². The minimum Gasteiger partial charge on any atom is -0.456 e. The number of aromatic nitrogens is 3. The maximum Gasteiger partial charge on any atom is 0.164 e. The molecule has 4 heteroatoms. The third kappa shape index (κ3) is 5.95. The van der Waals surface area contributed by atoms with Gasteiger partial charge in [0.1, 0.15) is 11.5 Å². The van der Waals surface area contributed by atoms with E-state index in [1.54, 1.807) is 0 Å². The van der Waals surface area contributed by atoms with Crippen LogP contribution in [0.15, 0.2) is 200 Å². The van der Waals surface area contributed by atoms with Crippen molar-refractivity contribution in [3.8, 4) is 101 Å². The third-order valence-corrected chi connectivity index (χ3v) is 12.7. The summed E-state index contributed by atoms with van der Waals surface area (Å²) < 4.78 is 6.68. The molecule has 0 saturated heterocycles. The highest BCUT2D eigenvalue weighted by Gasteiger charge is 2.35. The summed E-state index contributed by atoms with van der Waals surface area (Å²) >= 11 is 0. The van der Waals surface area contributed by atoms with Crippen molar-refractivity contribution in [3.63, 3.8) is 0 Å². The van der Waals surface area contributed by atoms with E-state index in [0.717, 1.165) is 72.5 Å². The Kier molecular flexibility index (Phi) is 8.16. The number of fused-ring (bicyclic) bond motifs is 5. The molecule has 0 N–H and O–H groups in total. The van der Waals surface area contributed by atoms with Crippen molar-refractivity contribution < 1.29 is 4.74 Å². The van der Waals surface area contributed by atoms with E-state index in [-0.39, 0.29) is 5.41 Å². The third-order valence-electron chi connectivity index (χ3n) is 12.7. The molecule has 0 fully saturated rings. The van der Waals surface area contributed by atoms with Crippen LogP contribution in [0.1, 0.15) is 25.0 Å². The molecule has 0 bridgehead atoms. The summed E-state index contributed by atoms with van der Waals surface area (Å²) in [6.45, 7) is 4.66. The fraction of sp³-hybridized carbons (Fsp3) is 0.0517.